The molecular formula is C26H22F3N3O4S. The topological polar surface area (TPSA) is 89.6 Å². The Hall–Kier alpha value is -4.12. The number of ether oxygens (including phenoxy) is 2. The highest BCUT2D eigenvalue weighted by Crippen LogP contribution is 2.25. The molecule has 0 aliphatic heterocycles. The van der Waals surface area contributed by atoms with E-state index in [9.17, 15) is 22.8 Å². The van der Waals surface area contributed by atoms with E-state index in [0.717, 1.165) is 28.5 Å². The van der Waals surface area contributed by atoms with Crippen molar-refractivity contribution >= 4 is 33.9 Å². The van der Waals surface area contributed by atoms with Crippen molar-refractivity contribution in [2.45, 2.75) is 25.9 Å². The molecule has 3 aromatic carbocycles. The van der Waals surface area contributed by atoms with Gasteiger partial charge in [-0.2, -0.15) is 0 Å². The Bertz CT molecular complexity index is 1380. The van der Waals surface area contributed by atoms with Crippen LogP contribution in [0.25, 0.3) is 10.8 Å². The lowest BCUT2D eigenvalue weighted by Gasteiger charge is -2.16. The van der Waals surface area contributed by atoms with Crippen LogP contribution in [-0.2, 0) is 11.3 Å². The first-order valence-corrected chi connectivity index (χ1v) is 12.0. The lowest BCUT2D eigenvalue weighted by molar-refractivity contribution is -0.274. The molecule has 0 fully saturated rings. The number of rotatable bonds is 9. The number of amides is 2. The van der Waals surface area contributed by atoms with Gasteiger partial charge in [-0.1, -0.05) is 42.5 Å². The van der Waals surface area contributed by atoms with E-state index in [-0.39, 0.29) is 42.3 Å². The summed E-state index contributed by atoms with van der Waals surface area (Å²) in [5.74, 6) is -0.963. The standard InChI is InChI=1S/C26H22F3N3O4S/c1-16(20-8-4-6-17-5-2-3-7-21(17)20)31-25(34)22-15-37-24(32-22)13-30-23(33)14-35-18-9-11-19(12-10-18)36-26(27,28)29/h2-12,15-16H,13-14H2,1H3,(H,30,33)(H,31,34). The molecule has 0 saturated carbocycles. The number of halogens is 3. The second-order valence-electron chi connectivity index (χ2n) is 7.97. The van der Waals surface area contributed by atoms with Crippen molar-refractivity contribution in [1.82, 2.24) is 15.6 Å². The van der Waals surface area contributed by atoms with E-state index in [1.807, 2.05) is 49.4 Å². The van der Waals surface area contributed by atoms with E-state index in [2.05, 4.69) is 20.4 Å². The normalized spacial score (nSPS) is 12.1. The van der Waals surface area contributed by atoms with Gasteiger partial charge in [-0.3, -0.25) is 9.59 Å². The largest absolute Gasteiger partial charge is 0.573 e. The molecule has 0 spiro atoms. The van der Waals surface area contributed by atoms with Crippen LogP contribution in [0, 0.1) is 0 Å². The Kier molecular flexibility index (Phi) is 7.92. The number of benzene rings is 3. The third kappa shape index (κ3) is 7.20. The Labute approximate surface area is 214 Å². The number of nitrogens with one attached hydrogen (secondary N) is 2. The summed E-state index contributed by atoms with van der Waals surface area (Å²) >= 11 is 1.23. The number of thiazole rings is 1. The zero-order valence-corrected chi connectivity index (χ0v) is 20.4. The van der Waals surface area contributed by atoms with Crippen molar-refractivity contribution in [2.24, 2.45) is 0 Å². The molecule has 4 rings (SSSR count). The van der Waals surface area contributed by atoms with Gasteiger partial charge in [0.1, 0.15) is 22.2 Å². The van der Waals surface area contributed by atoms with Crippen molar-refractivity contribution < 1.29 is 32.2 Å². The molecule has 1 atom stereocenters. The molecular weight excluding hydrogens is 507 g/mol. The molecule has 0 aliphatic carbocycles. The van der Waals surface area contributed by atoms with Crippen LogP contribution in [0.1, 0.15) is 34.0 Å². The summed E-state index contributed by atoms with van der Waals surface area (Å²) in [6, 6.07) is 18.3. The fourth-order valence-corrected chi connectivity index (χ4v) is 4.30. The van der Waals surface area contributed by atoms with Gasteiger partial charge in [0.2, 0.25) is 0 Å². The van der Waals surface area contributed by atoms with Crippen LogP contribution in [0.5, 0.6) is 11.5 Å². The Morgan fingerprint density at radius 2 is 1.70 bits per heavy atom. The van der Waals surface area contributed by atoms with Crippen molar-refractivity contribution in [2.75, 3.05) is 6.61 Å². The van der Waals surface area contributed by atoms with Gasteiger partial charge in [0, 0.05) is 5.38 Å². The number of fused-ring (bicyclic) bond motifs is 1. The van der Waals surface area contributed by atoms with E-state index in [0.29, 0.717) is 5.01 Å². The molecule has 0 saturated heterocycles. The first-order chi connectivity index (χ1) is 17.7. The first-order valence-electron chi connectivity index (χ1n) is 11.2. The number of carbonyl (C=O) groups is 2. The third-order valence-electron chi connectivity index (χ3n) is 5.29. The van der Waals surface area contributed by atoms with Gasteiger partial charge < -0.3 is 20.1 Å². The quantitative estimate of drug-likeness (QED) is 0.304. The minimum absolute atomic E-state index is 0.0946. The maximum atomic E-state index is 12.7. The van der Waals surface area contributed by atoms with Crippen LogP contribution < -0.4 is 20.1 Å². The fraction of sp³-hybridized carbons (Fsp3) is 0.192. The van der Waals surface area contributed by atoms with Crippen molar-refractivity contribution in [1.29, 1.82) is 0 Å². The monoisotopic (exact) mass is 529 g/mol. The van der Waals surface area contributed by atoms with Crippen molar-refractivity contribution in [3.8, 4) is 11.5 Å². The fourth-order valence-electron chi connectivity index (χ4n) is 3.58. The van der Waals surface area contributed by atoms with Gasteiger partial charge in [0.05, 0.1) is 12.6 Å². The van der Waals surface area contributed by atoms with Crippen LogP contribution in [0.4, 0.5) is 13.2 Å². The van der Waals surface area contributed by atoms with Gasteiger partial charge in [0.15, 0.2) is 6.61 Å². The highest BCUT2D eigenvalue weighted by atomic mass is 32.1. The van der Waals surface area contributed by atoms with Crippen molar-refractivity contribution in [3.63, 3.8) is 0 Å². The lowest BCUT2D eigenvalue weighted by Crippen LogP contribution is -2.29. The van der Waals surface area contributed by atoms with Gasteiger partial charge in [-0.15, -0.1) is 24.5 Å². The number of carbonyl (C=O) groups excluding carboxylic acids is 2. The van der Waals surface area contributed by atoms with Crippen LogP contribution >= 0.6 is 11.3 Å². The van der Waals surface area contributed by atoms with E-state index in [1.165, 1.54) is 23.5 Å². The second-order valence-corrected chi connectivity index (χ2v) is 8.92. The van der Waals surface area contributed by atoms with Gasteiger partial charge >= 0.3 is 6.36 Å². The summed E-state index contributed by atoms with van der Waals surface area (Å²) in [5.41, 5.74) is 1.25. The molecule has 0 radical (unpaired) electrons. The molecule has 2 N–H and O–H groups in total. The van der Waals surface area contributed by atoms with Crippen LogP contribution in [0.15, 0.2) is 72.1 Å². The number of aromatic nitrogens is 1. The molecule has 0 bridgehead atoms. The minimum atomic E-state index is -4.78. The maximum Gasteiger partial charge on any atom is 0.573 e. The molecule has 192 valence electrons. The zero-order valence-electron chi connectivity index (χ0n) is 19.5. The third-order valence-corrected chi connectivity index (χ3v) is 6.13. The van der Waals surface area contributed by atoms with E-state index in [4.69, 9.17) is 4.74 Å². The first kappa shape index (κ1) is 26.0. The molecule has 0 aliphatic rings. The predicted molar refractivity (Wildman–Crippen MR) is 132 cm³/mol. The number of alkyl halides is 3. The molecule has 7 nitrogen and oxygen atoms in total. The number of hydrogen-bond acceptors (Lipinski definition) is 6. The summed E-state index contributed by atoms with van der Waals surface area (Å²) in [7, 11) is 0. The molecule has 37 heavy (non-hydrogen) atoms. The molecule has 2 amide bonds. The highest BCUT2D eigenvalue weighted by molar-refractivity contribution is 7.09. The minimum Gasteiger partial charge on any atom is -0.484 e. The van der Waals surface area contributed by atoms with Gasteiger partial charge in [-0.05, 0) is 47.5 Å². The summed E-state index contributed by atoms with van der Waals surface area (Å²) in [5, 5.41) is 9.89. The molecule has 1 heterocycles. The van der Waals surface area contributed by atoms with E-state index >= 15 is 0 Å². The number of nitrogens with zero attached hydrogens (tertiary/aromatic N) is 1. The molecule has 11 heteroatoms. The van der Waals surface area contributed by atoms with Gasteiger partial charge in [-0.25, -0.2) is 4.98 Å². The SMILES string of the molecule is CC(NC(=O)c1csc(CNC(=O)COc2ccc(OC(F)(F)F)cc2)n1)c1cccc2ccccc12. The number of hydrogen-bond donors (Lipinski definition) is 2. The summed E-state index contributed by atoms with van der Waals surface area (Å²) in [6.07, 6.45) is -4.78. The molecule has 1 unspecified atom stereocenters. The highest BCUT2D eigenvalue weighted by Gasteiger charge is 2.31. The van der Waals surface area contributed by atoms with E-state index in [1.54, 1.807) is 5.38 Å². The summed E-state index contributed by atoms with van der Waals surface area (Å²) < 4.78 is 45.7. The molecule has 1 aromatic heterocycles. The summed E-state index contributed by atoms with van der Waals surface area (Å²) in [4.78, 5) is 29.1. The zero-order chi connectivity index (χ0) is 26.4. The Morgan fingerprint density at radius 3 is 2.46 bits per heavy atom. The summed E-state index contributed by atoms with van der Waals surface area (Å²) in [6.45, 7) is 1.65. The average Bonchev–Trinajstić information content (AvgIpc) is 3.35. The smallest absolute Gasteiger partial charge is 0.484 e. The average molecular weight is 530 g/mol. The molecule has 4 aromatic rings. The lowest BCUT2D eigenvalue weighted by atomic mass is 9.99. The van der Waals surface area contributed by atoms with Crippen LogP contribution in [-0.4, -0.2) is 29.8 Å². The maximum absolute atomic E-state index is 12.7. The van der Waals surface area contributed by atoms with Gasteiger partial charge in [0.25, 0.3) is 11.8 Å². The Morgan fingerprint density at radius 1 is 1.00 bits per heavy atom. The predicted octanol–water partition coefficient (Wildman–Crippen LogP) is 5.38. The van der Waals surface area contributed by atoms with Crippen LogP contribution in [0.2, 0.25) is 0 Å². The second kappa shape index (κ2) is 11.3. The van der Waals surface area contributed by atoms with E-state index < -0.39 is 12.3 Å². The van der Waals surface area contributed by atoms with Crippen LogP contribution in [0.3, 0.4) is 0 Å². The Balaban J connectivity index is 1.25. The van der Waals surface area contributed by atoms with Crippen molar-refractivity contribution in [3.05, 3.63) is 88.4 Å².